The Morgan fingerprint density at radius 1 is 1.30 bits per heavy atom. The van der Waals surface area contributed by atoms with Gasteiger partial charge in [-0.05, 0) is 31.2 Å². The summed E-state index contributed by atoms with van der Waals surface area (Å²) in [6.45, 7) is 1.35. The van der Waals surface area contributed by atoms with E-state index in [0.717, 1.165) is 6.07 Å². The number of ether oxygens (including phenoxy) is 1. The lowest BCUT2D eigenvalue weighted by Crippen LogP contribution is -2.01. The van der Waals surface area contributed by atoms with Crippen LogP contribution in [-0.4, -0.2) is 10.8 Å². The highest BCUT2D eigenvalue weighted by atomic mass is 35.5. The molecular formula is C14H10Cl2FNO2. The van der Waals surface area contributed by atoms with Crippen molar-refractivity contribution in [3.8, 4) is 5.75 Å². The molecule has 2 aromatic rings. The van der Waals surface area contributed by atoms with Gasteiger partial charge in [0.25, 0.3) is 0 Å². The fraction of sp³-hybridized carbons (Fsp3) is 0.143. The van der Waals surface area contributed by atoms with Crippen LogP contribution in [0.3, 0.4) is 0 Å². The van der Waals surface area contributed by atoms with Crippen LogP contribution in [0.25, 0.3) is 0 Å². The van der Waals surface area contributed by atoms with E-state index in [1.165, 1.54) is 19.1 Å². The zero-order valence-electron chi connectivity index (χ0n) is 10.5. The summed E-state index contributed by atoms with van der Waals surface area (Å²) in [7, 11) is 0. The van der Waals surface area contributed by atoms with Crippen molar-refractivity contribution in [2.75, 3.05) is 0 Å². The van der Waals surface area contributed by atoms with Gasteiger partial charge in [0, 0.05) is 6.07 Å². The third-order valence-corrected chi connectivity index (χ3v) is 3.13. The highest BCUT2D eigenvalue weighted by Gasteiger charge is 2.09. The molecule has 0 spiro atoms. The molecule has 0 unspecified atom stereocenters. The largest absolute Gasteiger partial charge is 0.487 e. The predicted molar refractivity (Wildman–Crippen MR) is 75.0 cm³/mol. The van der Waals surface area contributed by atoms with E-state index >= 15 is 0 Å². The molecule has 0 aliphatic heterocycles. The van der Waals surface area contributed by atoms with Crippen LogP contribution in [0.15, 0.2) is 30.3 Å². The standard InChI is InChI=1S/C14H10Cl2FNO2/c1-8(19)10-3-2-9(6-12(10)17)20-7-13-11(15)4-5-14(16)18-13/h2-6H,7H2,1H3. The number of halogens is 3. The van der Waals surface area contributed by atoms with Crippen LogP contribution in [0.1, 0.15) is 23.0 Å². The summed E-state index contributed by atoms with van der Waals surface area (Å²) in [4.78, 5) is 15.1. The predicted octanol–water partition coefficient (Wildman–Crippen LogP) is 4.31. The highest BCUT2D eigenvalue weighted by Crippen LogP contribution is 2.21. The van der Waals surface area contributed by atoms with E-state index in [4.69, 9.17) is 27.9 Å². The summed E-state index contributed by atoms with van der Waals surface area (Å²) in [6, 6.07) is 7.21. The lowest BCUT2D eigenvalue weighted by atomic mass is 10.1. The van der Waals surface area contributed by atoms with Crippen molar-refractivity contribution >= 4 is 29.0 Å². The fourth-order valence-electron chi connectivity index (χ4n) is 1.58. The minimum absolute atomic E-state index is 0.0243. The molecule has 0 radical (unpaired) electrons. The van der Waals surface area contributed by atoms with Crippen LogP contribution in [0, 0.1) is 5.82 Å². The minimum Gasteiger partial charge on any atom is -0.487 e. The highest BCUT2D eigenvalue weighted by molar-refractivity contribution is 6.32. The molecule has 0 amide bonds. The van der Waals surface area contributed by atoms with E-state index in [2.05, 4.69) is 4.98 Å². The van der Waals surface area contributed by atoms with Crippen LogP contribution in [0.5, 0.6) is 5.75 Å². The van der Waals surface area contributed by atoms with Gasteiger partial charge in [-0.1, -0.05) is 23.2 Å². The van der Waals surface area contributed by atoms with Crippen LogP contribution in [-0.2, 0) is 6.61 Å². The number of Topliss-reactive ketones (excluding diaryl/α,β-unsaturated/α-hetero) is 1. The van der Waals surface area contributed by atoms with Crippen molar-refractivity contribution in [2.24, 2.45) is 0 Å². The Morgan fingerprint density at radius 3 is 2.70 bits per heavy atom. The number of ketones is 1. The smallest absolute Gasteiger partial charge is 0.162 e. The normalized spacial score (nSPS) is 10.4. The van der Waals surface area contributed by atoms with Gasteiger partial charge in [0.05, 0.1) is 16.3 Å². The van der Waals surface area contributed by atoms with Crippen LogP contribution in [0.2, 0.25) is 10.2 Å². The maximum absolute atomic E-state index is 13.6. The second-order valence-electron chi connectivity index (χ2n) is 4.05. The number of benzene rings is 1. The quantitative estimate of drug-likeness (QED) is 0.623. The molecule has 1 heterocycles. The van der Waals surface area contributed by atoms with Crippen LogP contribution >= 0.6 is 23.2 Å². The van der Waals surface area contributed by atoms with Crippen molar-refractivity contribution in [1.82, 2.24) is 4.98 Å². The summed E-state index contributed by atoms with van der Waals surface area (Å²) < 4.78 is 19.0. The van der Waals surface area contributed by atoms with E-state index in [1.54, 1.807) is 12.1 Å². The molecule has 0 fully saturated rings. The monoisotopic (exact) mass is 313 g/mol. The average Bonchev–Trinajstić information content (AvgIpc) is 2.39. The first kappa shape index (κ1) is 14.8. The lowest BCUT2D eigenvalue weighted by molar-refractivity contribution is 0.101. The number of hydrogen-bond acceptors (Lipinski definition) is 3. The third kappa shape index (κ3) is 3.46. The topological polar surface area (TPSA) is 39.2 Å². The molecule has 2 rings (SSSR count). The van der Waals surface area contributed by atoms with Gasteiger partial charge in [-0.2, -0.15) is 0 Å². The first-order valence-corrected chi connectivity index (χ1v) is 6.47. The Hall–Kier alpha value is -1.65. The van der Waals surface area contributed by atoms with E-state index in [-0.39, 0.29) is 23.7 Å². The molecular weight excluding hydrogens is 304 g/mol. The molecule has 104 valence electrons. The number of carbonyl (C=O) groups is 1. The van der Waals surface area contributed by atoms with Gasteiger partial charge in [-0.3, -0.25) is 4.79 Å². The summed E-state index contributed by atoms with van der Waals surface area (Å²) in [5, 5.41) is 0.710. The summed E-state index contributed by atoms with van der Waals surface area (Å²) in [5.41, 5.74) is 0.478. The van der Waals surface area contributed by atoms with E-state index < -0.39 is 5.82 Å². The van der Waals surface area contributed by atoms with Crippen molar-refractivity contribution in [3.05, 3.63) is 57.6 Å². The van der Waals surface area contributed by atoms with Gasteiger partial charge >= 0.3 is 0 Å². The van der Waals surface area contributed by atoms with Gasteiger partial charge in [-0.25, -0.2) is 9.37 Å². The Balaban J connectivity index is 2.13. The fourth-order valence-corrected chi connectivity index (χ4v) is 1.91. The summed E-state index contributed by atoms with van der Waals surface area (Å²) in [6.07, 6.45) is 0. The third-order valence-electron chi connectivity index (χ3n) is 2.58. The van der Waals surface area contributed by atoms with Crippen molar-refractivity contribution < 1.29 is 13.9 Å². The first-order chi connectivity index (χ1) is 9.47. The number of hydrogen-bond donors (Lipinski definition) is 0. The van der Waals surface area contributed by atoms with Crippen molar-refractivity contribution in [1.29, 1.82) is 0 Å². The molecule has 6 heteroatoms. The number of aromatic nitrogens is 1. The number of nitrogens with zero attached hydrogens (tertiary/aromatic N) is 1. The molecule has 0 N–H and O–H groups in total. The van der Waals surface area contributed by atoms with Gasteiger partial charge in [0.2, 0.25) is 0 Å². The van der Waals surface area contributed by atoms with Gasteiger partial charge in [-0.15, -0.1) is 0 Å². The molecule has 20 heavy (non-hydrogen) atoms. The molecule has 0 aliphatic rings. The van der Waals surface area contributed by atoms with E-state index in [9.17, 15) is 9.18 Å². The van der Waals surface area contributed by atoms with Gasteiger partial charge in [0.15, 0.2) is 5.78 Å². The second kappa shape index (κ2) is 6.20. The SMILES string of the molecule is CC(=O)c1ccc(OCc2nc(Cl)ccc2Cl)cc1F. The Labute approximate surface area is 125 Å². The second-order valence-corrected chi connectivity index (χ2v) is 4.84. The van der Waals surface area contributed by atoms with Crippen LogP contribution in [0.4, 0.5) is 4.39 Å². The molecule has 0 atom stereocenters. The Bertz CT molecular complexity index is 662. The number of carbonyl (C=O) groups excluding carboxylic acids is 1. The molecule has 0 saturated heterocycles. The first-order valence-electron chi connectivity index (χ1n) is 5.71. The molecule has 0 bridgehead atoms. The van der Waals surface area contributed by atoms with Crippen LogP contribution < -0.4 is 4.74 Å². The molecule has 3 nitrogen and oxygen atoms in total. The average molecular weight is 314 g/mol. The van der Waals surface area contributed by atoms with E-state index in [1.807, 2.05) is 0 Å². The molecule has 0 aliphatic carbocycles. The zero-order chi connectivity index (χ0) is 14.7. The summed E-state index contributed by atoms with van der Waals surface area (Å²) in [5.74, 6) is -0.681. The zero-order valence-corrected chi connectivity index (χ0v) is 12.0. The maximum atomic E-state index is 13.6. The maximum Gasteiger partial charge on any atom is 0.162 e. The molecule has 0 saturated carbocycles. The summed E-state index contributed by atoms with van der Waals surface area (Å²) >= 11 is 11.7. The van der Waals surface area contributed by atoms with E-state index in [0.29, 0.717) is 15.9 Å². The Morgan fingerprint density at radius 2 is 2.05 bits per heavy atom. The van der Waals surface area contributed by atoms with Gasteiger partial charge < -0.3 is 4.74 Å². The lowest BCUT2D eigenvalue weighted by Gasteiger charge is -2.08. The van der Waals surface area contributed by atoms with Crippen molar-refractivity contribution in [2.45, 2.75) is 13.5 Å². The number of rotatable bonds is 4. The number of pyridine rings is 1. The van der Waals surface area contributed by atoms with Crippen molar-refractivity contribution in [3.63, 3.8) is 0 Å². The molecule has 1 aromatic heterocycles. The Kier molecular flexibility index (Phi) is 4.57. The minimum atomic E-state index is -0.625. The van der Waals surface area contributed by atoms with Gasteiger partial charge in [0.1, 0.15) is 23.3 Å². The molecule has 1 aromatic carbocycles.